The summed E-state index contributed by atoms with van der Waals surface area (Å²) in [5, 5.41) is 10.0. The summed E-state index contributed by atoms with van der Waals surface area (Å²) < 4.78 is 2.72. The van der Waals surface area contributed by atoms with E-state index in [0.29, 0.717) is 0 Å². The van der Waals surface area contributed by atoms with Crippen LogP contribution in [-0.4, -0.2) is 0 Å². The van der Waals surface area contributed by atoms with Crippen LogP contribution in [0.2, 0.25) is 0 Å². The number of fused-ring (bicyclic) bond motifs is 11. The lowest BCUT2D eigenvalue weighted by Crippen LogP contribution is -2.15. The van der Waals surface area contributed by atoms with E-state index >= 15 is 0 Å². The molecule has 0 atom stereocenters. The van der Waals surface area contributed by atoms with Crippen LogP contribution >= 0.6 is 11.3 Å². The molecule has 1 nitrogen and oxygen atoms in total. The van der Waals surface area contributed by atoms with Crippen molar-refractivity contribution in [2.75, 3.05) is 4.90 Å². The van der Waals surface area contributed by atoms with Crippen LogP contribution in [0.3, 0.4) is 0 Å². The van der Waals surface area contributed by atoms with Crippen molar-refractivity contribution in [1.29, 1.82) is 0 Å². The molecule has 0 saturated carbocycles. The van der Waals surface area contributed by atoms with E-state index in [2.05, 4.69) is 184 Å². The molecule has 0 spiro atoms. The first-order chi connectivity index (χ1) is 25.5. The molecule has 0 saturated heterocycles. The molecule has 10 rings (SSSR count). The summed E-state index contributed by atoms with van der Waals surface area (Å²) in [6.07, 6.45) is 6.36. The second-order valence-corrected chi connectivity index (χ2v) is 15.5. The predicted molar refractivity (Wildman–Crippen MR) is 229 cm³/mol. The summed E-state index contributed by atoms with van der Waals surface area (Å²) in [6.45, 7) is 11.1. The molecule has 0 unspecified atom stereocenters. The van der Waals surface area contributed by atoms with E-state index in [0.717, 1.165) is 17.1 Å². The van der Waals surface area contributed by atoms with Crippen molar-refractivity contribution in [3.8, 4) is 11.1 Å². The Balaban J connectivity index is 1.27. The number of benzene rings is 8. The number of nitrogens with zero attached hydrogens (tertiary/aromatic N) is 1. The van der Waals surface area contributed by atoms with Gasteiger partial charge in [-0.05, 0) is 98.1 Å². The van der Waals surface area contributed by atoms with Gasteiger partial charge in [-0.1, -0.05) is 142 Å². The highest BCUT2D eigenvalue weighted by molar-refractivity contribution is 7.26. The molecule has 1 aliphatic carbocycles. The molecule has 1 aromatic heterocycles. The van der Waals surface area contributed by atoms with Crippen LogP contribution in [0.15, 0.2) is 152 Å². The number of rotatable bonds is 5. The molecule has 0 aliphatic heterocycles. The molecule has 1 aliphatic rings. The molecule has 0 bridgehead atoms. The zero-order chi connectivity index (χ0) is 35.1. The quantitative estimate of drug-likeness (QED) is 0.163. The first-order valence-corrected chi connectivity index (χ1v) is 18.9. The van der Waals surface area contributed by atoms with E-state index in [1.54, 1.807) is 0 Å². The Labute approximate surface area is 308 Å². The molecule has 0 amide bonds. The maximum Gasteiger partial charge on any atom is 0.0540 e. The molecule has 248 valence electrons. The maximum absolute atomic E-state index is 4.23. The highest BCUT2D eigenvalue weighted by Gasteiger charge is 2.37. The number of allylic oxidation sites excluding steroid dienone is 1. The van der Waals surface area contributed by atoms with Gasteiger partial charge >= 0.3 is 0 Å². The molecule has 2 heteroatoms. The summed E-state index contributed by atoms with van der Waals surface area (Å²) in [5.41, 5.74) is 11.2. The van der Waals surface area contributed by atoms with Gasteiger partial charge in [-0.15, -0.1) is 11.3 Å². The van der Waals surface area contributed by atoms with Gasteiger partial charge in [-0.25, -0.2) is 0 Å². The van der Waals surface area contributed by atoms with Crippen molar-refractivity contribution in [1.82, 2.24) is 0 Å². The van der Waals surface area contributed by atoms with Gasteiger partial charge in [-0.3, -0.25) is 0 Å². The van der Waals surface area contributed by atoms with Crippen molar-refractivity contribution in [3.05, 3.63) is 174 Å². The van der Waals surface area contributed by atoms with Crippen molar-refractivity contribution >= 4 is 93.0 Å². The lowest BCUT2D eigenvalue weighted by Gasteiger charge is -2.29. The summed E-state index contributed by atoms with van der Waals surface area (Å²) in [5.74, 6) is 0. The maximum atomic E-state index is 4.23. The summed E-state index contributed by atoms with van der Waals surface area (Å²) >= 11 is 1.92. The minimum atomic E-state index is -0.105. The SMILES string of the molecule is C=Cc1c(/C=C\C)c2ccc(N(c3ccc4c(c3)-c3c(ccc5c3sc3ccccc35)C4(C)C)c3cccc4ccccc34)cc2c2ccccc12. The van der Waals surface area contributed by atoms with Crippen LogP contribution in [0.25, 0.3) is 75.8 Å². The first-order valence-electron chi connectivity index (χ1n) is 18.1. The number of thiophene rings is 1. The highest BCUT2D eigenvalue weighted by atomic mass is 32.1. The molecule has 0 radical (unpaired) electrons. The van der Waals surface area contributed by atoms with E-state index in [1.807, 2.05) is 17.4 Å². The fourth-order valence-electron chi connectivity index (χ4n) is 8.91. The van der Waals surface area contributed by atoms with Crippen LogP contribution in [0.5, 0.6) is 0 Å². The van der Waals surface area contributed by atoms with Crippen LogP contribution in [0.1, 0.15) is 43.0 Å². The van der Waals surface area contributed by atoms with Gasteiger partial charge < -0.3 is 4.90 Å². The Bertz CT molecular complexity index is 2970. The largest absolute Gasteiger partial charge is 0.310 e. The van der Waals surface area contributed by atoms with E-state index in [4.69, 9.17) is 0 Å². The van der Waals surface area contributed by atoms with Crippen LogP contribution in [0, 0.1) is 0 Å². The fraction of sp³-hybridized carbons (Fsp3) is 0.0800. The zero-order valence-electron chi connectivity index (χ0n) is 29.6. The first kappa shape index (κ1) is 30.8. The minimum Gasteiger partial charge on any atom is -0.310 e. The summed E-state index contributed by atoms with van der Waals surface area (Å²) in [4.78, 5) is 2.48. The van der Waals surface area contributed by atoms with Gasteiger partial charge in [0.15, 0.2) is 0 Å². The van der Waals surface area contributed by atoms with Gasteiger partial charge in [0.2, 0.25) is 0 Å². The highest BCUT2D eigenvalue weighted by Crippen LogP contribution is 2.55. The van der Waals surface area contributed by atoms with Crippen LogP contribution in [-0.2, 0) is 5.41 Å². The molecule has 0 fully saturated rings. The third-order valence-corrected chi connectivity index (χ3v) is 12.5. The fourth-order valence-corrected chi connectivity index (χ4v) is 10.2. The molecule has 8 aromatic carbocycles. The minimum absolute atomic E-state index is 0.105. The summed E-state index contributed by atoms with van der Waals surface area (Å²) in [7, 11) is 0. The van der Waals surface area contributed by atoms with Gasteiger partial charge in [0, 0.05) is 47.9 Å². The van der Waals surface area contributed by atoms with E-state index in [-0.39, 0.29) is 5.41 Å². The van der Waals surface area contributed by atoms with Gasteiger partial charge in [0.05, 0.1) is 5.69 Å². The van der Waals surface area contributed by atoms with Gasteiger partial charge in [0.1, 0.15) is 0 Å². The Morgan fingerprint density at radius 1 is 0.577 bits per heavy atom. The third-order valence-electron chi connectivity index (χ3n) is 11.3. The van der Waals surface area contributed by atoms with Gasteiger partial charge in [0.25, 0.3) is 0 Å². The second-order valence-electron chi connectivity index (χ2n) is 14.5. The van der Waals surface area contributed by atoms with Crippen LogP contribution < -0.4 is 4.90 Å². The molecule has 9 aromatic rings. The van der Waals surface area contributed by atoms with E-state index in [9.17, 15) is 0 Å². The number of hydrogen-bond donors (Lipinski definition) is 0. The average Bonchev–Trinajstić information content (AvgIpc) is 3.67. The Kier molecular flexibility index (Phi) is 6.84. The molecule has 52 heavy (non-hydrogen) atoms. The zero-order valence-corrected chi connectivity index (χ0v) is 30.4. The van der Waals surface area contributed by atoms with E-state index < -0.39 is 0 Å². The van der Waals surface area contributed by atoms with Crippen molar-refractivity contribution in [2.45, 2.75) is 26.2 Å². The lowest BCUT2D eigenvalue weighted by atomic mass is 9.82. The Morgan fingerprint density at radius 2 is 1.23 bits per heavy atom. The number of hydrogen-bond acceptors (Lipinski definition) is 2. The van der Waals surface area contributed by atoms with E-state index in [1.165, 1.54) is 85.9 Å². The molecule has 0 N–H and O–H groups in total. The van der Waals surface area contributed by atoms with Crippen LogP contribution in [0.4, 0.5) is 17.1 Å². The normalized spacial score (nSPS) is 13.4. The average molecular weight is 684 g/mol. The Hall–Kier alpha value is -5.96. The second kappa shape index (κ2) is 11.5. The molecular formula is C50H37NS. The summed E-state index contributed by atoms with van der Waals surface area (Å²) in [6, 6.07) is 51.9. The smallest absolute Gasteiger partial charge is 0.0540 e. The third kappa shape index (κ3) is 4.34. The molecular weight excluding hydrogens is 647 g/mol. The predicted octanol–water partition coefficient (Wildman–Crippen LogP) is 15.0. The monoisotopic (exact) mass is 683 g/mol. The Morgan fingerprint density at radius 3 is 2.06 bits per heavy atom. The lowest BCUT2D eigenvalue weighted by molar-refractivity contribution is 0.661. The standard InChI is InChI=1S/C50H37NS/c1-5-14-36-34(6-2)37-18-9-10-19-38(37)42-29-32(23-25-39(36)42)51(46-21-13-16-31-15-7-8-17-35(31)46)33-24-27-44-43(30-33)48-45(50(44,3)4)28-26-41-40-20-11-12-22-47(40)52-49(41)48/h5-30H,2H2,1,3-4H3/b14-5-. The van der Waals surface area contributed by atoms with Crippen molar-refractivity contribution < 1.29 is 0 Å². The van der Waals surface area contributed by atoms with Crippen molar-refractivity contribution in [3.63, 3.8) is 0 Å². The number of anilines is 3. The molecule has 1 heterocycles. The topological polar surface area (TPSA) is 3.24 Å². The van der Waals surface area contributed by atoms with Gasteiger partial charge in [-0.2, -0.15) is 0 Å². The van der Waals surface area contributed by atoms with Crippen molar-refractivity contribution in [2.24, 2.45) is 0 Å².